The van der Waals surface area contributed by atoms with Gasteiger partial charge in [-0.15, -0.1) is 0 Å². The number of aromatic nitrogens is 1. The first kappa shape index (κ1) is 17.0. The number of sulfonamides is 1. The first-order valence-corrected chi connectivity index (χ1v) is 9.58. The first-order chi connectivity index (χ1) is 11.6. The molecular formula is C17H22N2O4S. The Morgan fingerprint density at radius 3 is 2.62 bits per heavy atom. The maximum Gasteiger partial charge on any atom is 0.245 e. The van der Waals surface area contributed by atoms with Gasteiger partial charge in [0, 0.05) is 24.2 Å². The molecule has 0 unspecified atom stereocenters. The molecule has 0 aromatic carbocycles. The number of rotatable bonds is 6. The highest BCUT2D eigenvalue weighted by molar-refractivity contribution is 7.89. The molecule has 1 aliphatic rings. The summed E-state index contributed by atoms with van der Waals surface area (Å²) in [5.41, 5.74) is 0.852. The van der Waals surface area contributed by atoms with E-state index < -0.39 is 10.0 Å². The molecule has 2 aromatic rings. The molecule has 1 saturated carbocycles. The molecule has 7 heteroatoms. The Kier molecular flexibility index (Phi) is 5.20. The number of furan rings is 1. The summed E-state index contributed by atoms with van der Waals surface area (Å²) < 4.78 is 38.1. The SMILES string of the molecule is COc1ccc(S(=O)(=O)N(Cc2ccoc2)C2CCCCC2)cn1. The quantitative estimate of drug-likeness (QED) is 0.800. The molecule has 1 fully saturated rings. The van der Waals surface area contributed by atoms with Gasteiger partial charge in [0.25, 0.3) is 0 Å². The first-order valence-electron chi connectivity index (χ1n) is 8.14. The molecule has 3 rings (SSSR count). The zero-order valence-electron chi connectivity index (χ0n) is 13.7. The highest BCUT2D eigenvalue weighted by Gasteiger charge is 2.33. The molecule has 130 valence electrons. The lowest BCUT2D eigenvalue weighted by atomic mass is 9.95. The smallest absolute Gasteiger partial charge is 0.245 e. The monoisotopic (exact) mass is 350 g/mol. The van der Waals surface area contributed by atoms with Crippen molar-refractivity contribution in [3.05, 3.63) is 42.5 Å². The number of ether oxygens (including phenoxy) is 1. The minimum absolute atomic E-state index is 0.0146. The zero-order valence-corrected chi connectivity index (χ0v) is 14.5. The fourth-order valence-corrected chi connectivity index (χ4v) is 4.74. The van der Waals surface area contributed by atoms with Gasteiger partial charge in [0.05, 0.1) is 25.8 Å². The van der Waals surface area contributed by atoms with Gasteiger partial charge >= 0.3 is 0 Å². The van der Waals surface area contributed by atoms with Gasteiger partial charge in [0.2, 0.25) is 15.9 Å². The molecule has 2 aromatic heterocycles. The minimum Gasteiger partial charge on any atom is -0.481 e. The lowest BCUT2D eigenvalue weighted by Gasteiger charge is -2.33. The van der Waals surface area contributed by atoms with Gasteiger partial charge < -0.3 is 9.15 Å². The van der Waals surface area contributed by atoms with Crippen LogP contribution in [0.25, 0.3) is 0 Å². The fraction of sp³-hybridized carbons (Fsp3) is 0.471. The maximum atomic E-state index is 13.2. The van der Waals surface area contributed by atoms with Gasteiger partial charge in [0.1, 0.15) is 4.90 Å². The highest BCUT2D eigenvalue weighted by Crippen LogP contribution is 2.29. The Bertz CT molecular complexity index is 735. The summed E-state index contributed by atoms with van der Waals surface area (Å²) in [6.07, 6.45) is 9.58. The summed E-state index contributed by atoms with van der Waals surface area (Å²) in [4.78, 5) is 4.23. The van der Waals surface area contributed by atoms with Crippen molar-refractivity contribution in [2.45, 2.75) is 49.6 Å². The van der Waals surface area contributed by atoms with Crippen LogP contribution in [0.3, 0.4) is 0 Å². The third-order valence-corrected chi connectivity index (χ3v) is 6.31. The summed E-state index contributed by atoms with van der Waals surface area (Å²) in [7, 11) is -2.12. The van der Waals surface area contributed by atoms with Gasteiger partial charge in [-0.05, 0) is 25.0 Å². The average molecular weight is 350 g/mol. The number of hydrogen-bond donors (Lipinski definition) is 0. The minimum atomic E-state index is -3.63. The van der Waals surface area contributed by atoms with Crippen LogP contribution in [-0.2, 0) is 16.6 Å². The standard InChI is InChI=1S/C17H22N2O4S/c1-22-17-8-7-16(11-18-17)24(20,21)19(12-14-9-10-23-13-14)15-5-3-2-4-6-15/h7-11,13,15H,2-6,12H2,1H3. The van der Waals surface area contributed by atoms with Crippen LogP contribution in [-0.4, -0.2) is 30.9 Å². The van der Waals surface area contributed by atoms with Gasteiger partial charge in [-0.1, -0.05) is 19.3 Å². The van der Waals surface area contributed by atoms with E-state index in [-0.39, 0.29) is 10.9 Å². The second kappa shape index (κ2) is 7.36. The van der Waals surface area contributed by atoms with Crippen molar-refractivity contribution in [3.8, 4) is 5.88 Å². The van der Waals surface area contributed by atoms with Gasteiger partial charge in [-0.3, -0.25) is 0 Å². The summed E-state index contributed by atoms with van der Waals surface area (Å²) in [6, 6.07) is 4.94. The van der Waals surface area contributed by atoms with Crippen LogP contribution >= 0.6 is 0 Å². The molecule has 24 heavy (non-hydrogen) atoms. The largest absolute Gasteiger partial charge is 0.481 e. The van der Waals surface area contributed by atoms with Crippen molar-refractivity contribution in [2.24, 2.45) is 0 Å². The average Bonchev–Trinajstić information content (AvgIpc) is 3.13. The van der Waals surface area contributed by atoms with Crippen molar-refractivity contribution in [1.29, 1.82) is 0 Å². The third kappa shape index (κ3) is 3.62. The van der Waals surface area contributed by atoms with Crippen molar-refractivity contribution in [3.63, 3.8) is 0 Å². The van der Waals surface area contributed by atoms with Crippen LogP contribution in [0, 0.1) is 0 Å². The Morgan fingerprint density at radius 1 is 1.25 bits per heavy atom. The van der Waals surface area contributed by atoms with Crippen LogP contribution in [0.4, 0.5) is 0 Å². The lowest BCUT2D eigenvalue weighted by molar-refractivity contribution is 0.247. The molecule has 1 aliphatic carbocycles. The van der Waals surface area contributed by atoms with E-state index in [1.165, 1.54) is 19.7 Å². The second-order valence-electron chi connectivity index (χ2n) is 6.01. The van der Waals surface area contributed by atoms with Crippen LogP contribution < -0.4 is 4.74 Å². The van der Waals surface area contributed by atoms with Gasteiger partial charge in [-0.2, -0.15) is 4.31 Å². The summed E-state index contributed by atoms with van der Waals surface area (Å²) in [6.45, 7) is 0.315. The maximum absolute atomic E-state index is 13.2. The zero-order chi connectivity index (χ0) is 17.0. The van der Waals surface area contributed by atoms with Crippen molar-refractivity contribution >= 4 is 10.0 Å². The molecule has 6 nitrogen and oxygen atoms in total. The molecule has 0 radical (unpaired) electrons. The fourth-order valence-electron chi connectivity index (χ4n) is 3.12. The van der Waals surface area contributed by atoms with Crippen LogP contribution in [0.15, 0.2) is 46.2 Å². The molecule has 0 amide bonds. The molecular weight excluding hydrogens is 328 g/mol. The van der Waals surface area contributed by atoms with E-state index in [2.05, 4.69) is 4.98 Å². The lowest BCUT2D eigenvalue weighted by Crippen LogP contribution is -2.40. The van der Waals surface area contributed by atoms with Gasteiger partial charge in [-0.25, -0.2) is 13.4 Å². The molecule has 0 atom stereocenters. The van der Waals surface area contributed by atoms with Crippen LogP contribution in [0.2, 0.25) is 0 Å². The normalized spacial score (nSPS) is 16.4. The Labute approximate surface area is 142 Å². The number of methoxy groups -OCH3 is 1. The van der Waals surface area contributed by atoms with Crippen molar-refractivity contribution < 1.29 is 17.6 Å². The number of hydrogen-bond acceptors (Lipinski definition) is 5. The van der Waals surface area contributed by atoms with E-state index in [9.17, 15) is 8.42 Å². The van der Waals surface area contributed by atoms with E-state index >= 15 is 0 Å². The predicted octanol–water partition coefficient (Wildman–Crippen LogP) is 3.21. The Hall–Kier alpha value is -1.86. The van der Waals surface area contributed by atoms with E-state index in [0.29, 0.717) is 12.4 Å². The number of nitrogens with zero attached hydrogens (tertiary/aromatic N) is 2. The molecule has 0 bridgehead atoms. The van der Waals surface area contributed by atoms with Crippen molar-refractivity contribution in [1.82, 2.24) is 9.29 Å². The Morgan fingerprint density at radius 2 is 2.04 bits per heavy atom. The van der Waals surface area contributed by atoms with E-state index in [4.69, 9.17) is 9.15 Å². The van der Waals surface area contributed by atoms with E-state index in [1.54, 1.807) is 35.0 Å². The molecule has 0 aliphatic heterocycles. The second-order valence-corrected chi connectivity index (χ2v) is 7.90. The molecule has 0 N–H and O–H groups in total. The highest BCUT2D eigenvalue weighted by atomic mass is 32.2. The van der Waals surface area contributed by atoms with E-state index in [0.717, 1.165) is 31.2 Å². The summed E-state index contributed by atoms with van der Waals surface area (Å²) in [5, 5.41) is 0. The van der Waals surface area contributed by atoms with Crippen LogP contribution in [0.5, 0.6) is 5.88 Å². The predicted molar refractivity (Wildman–Crippen MR) is 89.1 cm³/mol. The third-order valence-electron chi connectivity index (χ3n) is 4.43. The summed E-state index contributed by atoms with van der Waals surface area (Å²) >= 11 is 0. The Balaban J connectivity index is 1.92. The van der Waals surface area contributed by atoms with E-state index in [1.807, 2.05) is 0 Å². The summed E-state index contributed by atoms with van der Waals surface area (Å²) in [5.74, 6) is 0.396. The van der Waals surface area contributed by atoms with Crippen molar-refractivity contribution in [2.75, 3.05) is 7.11 Å². The van der Waals surface area contributed by atoms with Crippen LogP contribution in [0.1, 0.15) is 37.7 Å². The molecule has 2 heterocycles. The topological polar surface area (TPSA) is 72.6 Å². The molecule has 0 saturated heterocycles. The van der Waals surface area contributed by atoms with Gasteiger partial charge in [0.15, 0.2) is 0 Å². The number of pyridine rings is 1. The molecule has 0 spiro atoms.